The highest BCUT2D eigenvalue weighted by Crippen LogP contribution is 2.45. The number of thiophene rings is 1. The second kappa shape index (κ2) is 15.8. The van der Waals surface area contributed by atoms with Crippen LogP contribution in [0.1, 0.15) is 15.2 Å². The fourth-order valence-electron chi connectivity index (χ4n) is 5.83. The van der Waals surface area contributed by atoms with Crippen molar-refractivity contribution in [1.29, 1.82) is 0 Å². The van der Waals surface area contributed by atoms with Gasteiger partial charge in [-0.1, -0.05) is 30.3 Å². The predicted octanol–water partition coefficient (Wildman–Crippen LogP) is 6.96. The summed E-state index contributed by atoms with van der Waals surface area (Å²) in [6.07, 6.45) is 1.21. The molecule has 0 bridgehead atoms. The van der Waals surface area contributed by atoms with E-state index in [2.05, 4.69) is 26.5 Å². The molecular formula is C35H39Cl2N3O6S2. The van der Waals surface area contributed by atoms with Crippen LogP contribution in [0.15, 0.2) is 83.8 Å². The summed E-state index contributed by atoms with van der Waals surface area (Å²) in [4.78, 5) is 16.9. The molecule has 1 aliphatic rings. The number of ether oxygens (including phenoxy) is 2. The molecular weight excluding hydrogens is 693 g/mol. The second-order valence-corrected chi connectivity index (χ2v) is 14.7. The molecule has 0 saturated carbocycles. The van der Waals surface area contributed by atoms with Crippen LogP contribution in [0.4, 0.5) is 5.69 Å². The maximum absolute atomic E-state index is 12.4. The SMILES string of the molecule is CN(C)CCn1c(-c2ccc(OCc3cc(S(C)(=O)=O)ccc3N3CCOCC3)cc2)c(-c2ccccc2)c2sc(C(=O)O)cc21.Cl.Cl. The van der Waals surface area contributed by atoms with Gasteiger partial charge >= 0.3 is 5.97 Å². The van der Waals surface area contributed by atoms with Gasteiger partial charge in [-0.25, -0.2) is 13.2 Å². The fourth-order valence-corrected chi connectivity index (χ4v) is 7.57. The van der Waals surface area contributed by atoms with Crippen molar-refractivity contribution in [1.82, 2.24) is 9.47 Å². The molecule has 0 aliphatic carbocycles. The molecule has 0 radical (unpaired) electrons. The van der Waals surface area contributed by atoms with E-state index in [1.54, 1.807) is 18.2 Å². The van der Waals surface area contributed by atoms with Gasteiger partial charge in [-0.15, -0.1) is 36.2 Å². The Hall–Kier alpha value is -3.58. The van der Waals surface area contributed by atoms with Crippen molar-refractivity contribution < 1.29 is 27.8 Å². The number of morpholine rings is 1. The summed E-state index contributed by atoms with van der Waals surface area (Å²) in [7, 11) is 0.666. The first-order valence-electron chi connectivity index (χ1n) is 15.1. The molecule has 1 N–H and O–H groups in total. The van der Waals surface area contributed by atoms with Crippen LogP contribution in [0.2, 0.25) is 0 Å². The predicted molar refractivity (Wildman–Crippen MR) is 198 cm³/mol. The van der Waals surface area contributed by atoms with Crippen LogP contribution in [0.25, 0.3) is 32.6 Å². The topological polar surface area (TPSA) is 101 Å². The van der Waals surface area contributed by atoms with Crippen LogP contribution in [0.5, 0.6) is 5.75 Å². The Morgan fingerprint density at radius 1 is 0.958 bits per heavy atom. The van der Waals surface area contributed by atoms with Gasteiger partial charge in [0, 0.05) is 49.2 Å². The van der Waals surface area contributed by atoms with Crippen molar-refractivity contribution in [3.63, 3.8) is 0 Å². The van der Waals surface area contributed by atoms with Gasteiger partial charge in [0.15, 0.2) is 9.84 Å². The highest BCUT2D eigenvalue weighted by Gasteiger charge is 2.24. The summed E-state index contributed by atoms with van der Waals surface area (Å²) < 4.78 is 39.7. The number of carboxylic acid groups (broad SMARTS) is 1. The first kappa shape index (κ1) is 37.2. The monoisotopic (exact) mass is 731 g/mol. The number of hydrogen-bond donors (Lipinski definition) is 1. The average molecular weight is 733 g/mol. The van der Waals surface area contributed by atoms with Crippen molar-refractivity contribution in [3.8, 4) is 28.1 Å². The third kappa shape index (κ3) is 7.99. The van der Waals surface area contributed by atoms with Crippen molar-refractivity contribution in [3.05, 3.63) is 89.3 Å². The van der Waals surface area contributed by atoms with Gasteiger partial charge in [-0.3, -0.25) is 0 Å². The number of likely N-dealkylation sites (N-methyl/N-ethyl adjacent to an activating group) is 1. The molecule has 9 nitrogen and oxygen atoms in total. The zero-order chi connectivity index (χ0) is 32.4. The number of aromatic carboxylic acids is 1. The first-order chi connectivity index (χ1) is 22.1. The zero-order valence-corrected chi connectivity index (χ0v) is 30.2. The Bertz CT molecular complexity index is 1970. The van der Waals surface area contributed by atoms with Crippen LogP contribution in [0.3, 0.4) is 0 Å². The largest absolute Gasteiger partial charge is 0.489 e. The number of sulfone groups is 1. The van der Waals surface area contributed by atoms with Gasteiger partial charge in [-0.05, 0) is 73.8 Å². The lowest BCUT2D eigenvalue weighted by Gasteiger charge is -2.30. The number of halogens is 2. The Morgan fingerprint density at radius 2 is 1.65 bits per heavy atom. The smallest absolute Gasteiger partial charge is 0.345 e. The molecule has 5 aromatic rings. The lowest BCUT2D eigenvalue weighted by molar-refractivity contribution is 0.0702. The molecule has 0 spiro atoms. The normalized spacial score (nSPS) is 13.3. The Morgan fingerprint density at radius 3 is 2.27 bits per heavy atom. The first-order valence-corrected chi connectivity index (χ1v) is 17.8. The Kier molecular flexibility index (Phi) is 12.2. The highest BCUT2D eigenvalue weighted by molar-refractivity contribution is 7.90. The molecule has 2 aromatic heterocycles. The Labute approximate surface area is 297 Å². The van der Waals surface area contributed by atoms with Gasteiger partial charge in [0.1, 0.15) is 17.2 Å². The number of hydrogen-bond acceptors (Lipinski definition) is 8. The minimum Gasteiger partial charge on any atom is -0.489 e. The fraction of sp³-hybridized carbons (Fsp3) is 0.286. The van der Waals surface area contributed by atoms with Crippen molar-refractivity contribution in [2.24, 2.45) is 0 Å². The van der Waals surface area contributed by atoms with Crippen molar-refractivity contribution in [2.75, 3.05) is 58.1 Å². The van der Waals surface area contributed by atoms with E-state index in [0.29, 0.717) is 30.4 Å². The average Bonchev–Trinajstić information content (AvgIpc) is 3.61. The molecule has 3 heterocycles. The molecule has 0 atom stereocenters. The van der Waals surface area contributed by atoms with Gasteiger partial charge in [0.25, 0.3) is 0 Å². The third-order valence-electron chi connectivity index (χ3n) is 8.13. The standard InChI is InChI=1S/C35H37N3O6S2.2ClH/c1-36(2)15-16-38-30-22-31(35(39)40)45-34(30)32(24-7-5-4-6-8-24)33(38)25-9-11-27(12-10-25)44-23-26-21-28(46(3,41)42)13-14-29(26)37-17-19-43-20-18-37;;/h4-14,21-22H,15-20,23H2,1-3H3,(H,39,40);2*1H. The van der Waals surface area contributed by atoms with Crippen molar-refractivity contribution in [2.45, 2.75) is 18.0 Å². The minimum atomic E-state index is -3.38. The van der Waals surface area contributed by atoms with E-state index in [1.807, 2.05) is 62.6 Å². The lowest BCUT2D eigenvalue weighted by atomic mass is 10.0. The van der Waals surface area contributed by atoms with Crippen LogP contribution in [-0.4, -0.2) is 82.2 Å². The van der Waals surface area contributed by atoms with E-state index < -0.39 is 15.8 Å². The minimum absolute atomic E-state index is 0. The molecule has 256 valence electrons. The summed E-state index contributed by atoms with van der Waals surface area (Å²) >= 11 is 1.30. The summed E-state index contributed by atoms with van der Waals surface area (Å²) in [5.74, 6) is -0.273. The van der Waals surface area contributed by atoms with E-state index in [1.165, 1.54) is 17.6 Å². The van der Waals surface area contributed by atoms with Gasteiger partial charge in [0.2, 0.25) is 0 Å². The van der Waals surface area contributed by atoms with E-state index in [0.717, 1.165) is 63.5 Å². The number of benzene rings is 3. The molecule has 1 aliphatic heterocycles. The molecule has 3 aromatic carbocycles. The summed E-state index contributed by atoms with van der Waals surface area (Å²) in [6.45, 7) is 4.35. The zero-order valence-electron chi connectivity index (χ0n) is 26.9. The molecule has 0 amide bonds. The van der Waals surface area contributed by atoms with Crippen molar-refractivity contribution >= 4 is 67.9 Å². The number of carbonyl (C=O) groups is 1. The molecule has 48 heavy (non-hydrogen) atoms. The number of carboxylic acids is 1. The summed E-state index contributed by atoms with van der Waals surface area (Å²) in [6, 6.07) is 25.0. The number of rotatable bonds is 11. The van der Waals surface area contributed by atoms with Gasteiger partial charge < -0.3 is 28.9 Å². The van der Waals surface area contributed by atoms with Crippen LogP contribution in [-0.2, 0) is 27.7 Å². The van der Waals surface area contributed by atoms with Crippen LogP contribution in [0, 0.1) is 0 Å². The molecule has 6 rings (SSSR count). The maximum Gasteiger partial charge on any atom is 0.345 e. The van der Waals surface area contributed by atoms with Gasteiger partial charge in [0.05, 0.1) is 34.0 Å². The molecule has 1 saturated heterocycles. The number of anilines is 1. The van der Waals surface area contributed by atoms with Crippen LogP contribution >= 0.6 is 36.2 Å². The molecule has 1 fully saturated rings. The quantitative estimate of drug-likeness (QED) is 0.156. The molecule has 13 heteroatoms. The van der Waals surface area contributed by atoms with E-state index >= 15 is 0 Å². The lowest BCUT2D eigenvalue weighted by Crippen LogP contribution is -2.36. The number of aromatic nitrogens is 1. The Balaban J connectivity index is 0.00000260. The van der Waals surface area contributed by atoms with Gasteiger partial charge in [-0.2, -0.15) is 0 Å². The van der Waals surface area contributed by atoms with Crippen LogP contribution < -0.4 is 9.64 Å². The summed E-state index contributed by atoms with van der Waals surface area (Å²) in [5.41, 5.74) is 6.68. The number of nitrogens with zero attached hydrogens (tertiary/aromatic N) is 3. The van der Waals surface area contributed by atoms with E-state index in [9.17, 15) is 18.3 Å². The maximum atomic E-state index is 12.4. The second-order valence-electron chi connectivity index (χ2n) is 11.6. The molecule has 0 unspecified atom stereocenters. The third-order valence-corrected chi connectivity index (χ3v) is 10.4. The number of fused-ring (bicyclic) bond motifs is 1. The van der Waals surface area contributed by atoms with E-state index in [-0.39, 0.29) is 36.3 Å². The highest BCUT2D eigenvalue weighted by atomic mass is 35.5. The summed E-state index contributed by atoms with van der Waals surface area (Å²) in [5, 5.41) is 9.81. The van der Waals surface area contributed by atoms with E-state index in [4.69, 9.17) is 9.47 Å².